The predicted octanol–water partition coefficient (Wildman–Crippen LogP) is 1.08. The van der Waals surface area contributed by atoms with Crippen molar-refractivity contribution in [2.24, 2.45) is 0 Å². The molecule has 146 valence electrons. The monoisotopic (exact) mass is 396 g/mol. The third-order valence-corrected chi connectivity index (χ3v) is 6.13. The number of carbonyl (C=O) groups is 1. The molecule has 2 atom stereocenters. The first-order valence-electron chi connectivity index (χ1n) is 7.78. The van der Waals surface area contributed by atoms with Crippen LogP contribution in [-0.4, -0.2) is 49.7 Å². The Morgan fingerprint density at radius 3 is 1.85 bits per heavy atom. The SMILES string of the molecule is COc1ccc(C(O)C(O)(c2ccc(OC)cc2)S(=O)(=O)CC(=O)O)cc1. The van der Waals surface area contributed by atoms with Crippen LogP contribution in [0, 0.1) is 0 Å². The standard InChI is InChI=1S/C18H20O8S/c1-25-14-7-3-12(4-8-14)17(21)18(22,27(23,24)11-16(19)20)13-5-9-15(26-2)10-6-13/h3-10,17,21-22H,11H2,1-2H3,(H,19,20). The van der Waals surface area contributed by atoms with Gasteiger partial charge in [-0.15, -0.1) is 0 Å². The van der Waals surface area contributed by atoms with Crippen molar-refractivity contribution in [3.8, 4) is 11.5 Å². The summed E-state index contributed by atoms with van der Waals surface area (Å²) >= 11 is 0. The second-order valence-electron chi connectivity index (χ2n) is 5.75. The second kappa shape index (κ2) is 7.95. The molecule has 3 N–H and O–H groups in total. The van der Waals surface area contributed by atoms with Crippen molar-refractivity contribution in [1.29, 1.82) is 0 Å². The number of aliphatic hydroxyl groups is 2. The second-order valence-corrected chi connectivity index (χ2v) is 7.89. The third-order valence-electron chi connectivity index (χ3n) is 4.09. The summed E-state index contributed by atoms with van der Waals surface area (Å²) in [5, 5.41) is 30.8. The number of hydrogen-bond donors (Lipinski definition) is 3. The van der Waals surface area contributed by atoms with Crippen molar-refractivity contribution < 1.29 is 38.0 Å². The van der Waals surface area contributed by atoms with Crippen LogP contribution in [0.25, 0.3) is 0 Å². The largest absolute Gasteiger partial charge is 0.497 e. The molecule has 0 fully saturated rings. The first kappa shape index (κ1) is 20.7. The zero-order valence-corrected chi connectivity index (χ0v) is 15.5. The van der Waals surface area contributed by atoms with Gasteiger partial charge in [0.15, 0.2) is 15.6 Å². The molecule has 0 aliphatic rings. The Morgan fingerprint density at radius 1 is 1.00 bits per heavy atom. The summed E-state index contributed by atoms with van der Waals surface area (Å²) in [6.45, 7) is 0. The van der Waals surface area contributed by atoms with Gasteiger partial charge in [0.1, 0.15) is 17.6 Å². The van der Waals surface area contributed by atoms with E-state index in [2.05, 4.69) is 0 Å². The molecule has 0 aromatic heterocycles. The Hall–Kier alpha value is -2.62. The van der Waals surface area contributed by atoms with E-state index in [0.29, 0.717) is 11.5 Å². The molecule has 0 heterocycles. The van der Waals surface area contributed by atoms with Crippen LogP contribution in [0.2, 0.25) is 0 Å². The smallest absolute Gasteiger partial charge is 0.318 e. The van der Waals surface area contributed by atoms with Crippen LogP contribution in [0.1, 0.15) is 17.2 Å². The molecule has 9 heteroatoms. The number of carboxylic acid groups (broad SMARTS) is 1. The molecule has 2 aromatic carbocycles. The van der Waals surface area contributed by atoms with Crippen molar-refractivity contribution in [3.05, 3.63) is 59.7 Å². The van der Waals surface area contributed by atoms with Gasteiger partial charge in [-0.25, -0.2) is 8.42 Å². The quantitative estimate of drug-likeness (QED) is 0.604. The first-order valence-corrected chi connectivity index (χ1v) is 9.44. The summed E-state index contributed by atoms with van der Waals surface area (Å²) in [6.07, 6.45) is -1.94. The Balaban J connectivity index is 2.61. The van der Waals surface area contributed by atoms with E-state index in [-0.39, 0.29) is 11.1 Å². The molecule has 0 saturated carbocycles. The summed E-state index contributed by atoms with van der Waals surface area (Å²) in [6, 6.07) is 11.0. The van der Waals surface area contributed by atoms with Gasteiger partial charge in [0.2, 0.25) is 4.93 Å². The number of methoxy groups -OCH3 is 2. The molecule has 0 aliphatic heterocycles. The van der Waals surface area contributed by atoms with Gasteiger partial charge in [0.05, 0.1) is 14.2 Å². The Morgan fingerprint density at radius 2 is 1.44 bits per heavy atom. The zero-order chi connectivity index (χ0) is 20.2. The van der Waals surface area contributed by atoms with Gasteiger partial charge in [-0.3, -0.25) is 4.79 Å². The lowest BCUT2D eigenvalue weighted by atomic mass is 9.97. The molecule has 0 spiro atoms. The number of carboxylic acids is 1. The van der Waals surface area contributed by atoms with Crippen molar-refractivity contribution in [3.63, 3.8) is 0 Å². The van der Waals surface area contributed by atoms with Gasteiger partial charge in [-0.2, -0.15) is 0 Å². The zero-order valence-electron chi connectivity index (χ0n) is 14.7. The highest BCUT2D eigenvalue weighted by atomic mass is 32.2. The maximum Gasteiger partial charge on any atom is 0.318 e. The summed E-state index contributed by atoms with van der Waals surface area (Å²) in [5.41, 5.74) is -0.115. The van der Waals surface area contributed by atoms with E-state index >= 15 is 0 Å². The number of sulfone groups is 1. The molecule has 27 heavy (non-hydrogen) atoms. The van der Waals surface area contributed by atoms with Crippen LogP contribution >= 0.6 is 0 Å². The molecule has 0 bridgehead atoms. The highest BCUT2D eigenvalue weighted by Gasteiger charge is 2.51. The van der Waals surface area contributed by atoms with E-state index < -0.39 is 32.6 Å². The van der Waals surface area contributed by atoms with Crippen molar-refractivity contribution in [1.82, 2.24) is 0 Å². The van der Waals surface area contributed by atoms with Crippen LogP contribution in [0.5, 0.6) is 11.5 Å². The molecule has 8 nitrogen and oxygen atoms in total. The number of aliphatic hydroxyl groups excluding tert-OH is 1. The summed E-state index contributed by atoms with van der Waals surface area (Å²) in [5.74, 6) is -2.14. The van der Waals surface area contributed by atoms with E-state index in [1.807, 2.05) is 0 Å². The van der Waals surface area contributed by atoms with Crippen LogP contribution < -0.4 is 9.47 Å². The van der Waals surface area contributed by atoms with Crippen molar-refractivity contribution in [2.45, 2.75) is 11.0 Å². The Labute approximate surface area is 156 Å². The minimum Gasteiger partial charge on any atom is -0.497 e. The molecule has 2 rings (SSSR count). The van der Waals surface area contributed by atoms with Crippen LogP contribution in [-0.2, 0) is 19.6 Å². The highest BCUT2D eigenvalue weighted by molar-refractivity contribution is 7.92. The van der Waals surface area contributed by atoms with Gasteiger partial charge in [-0.1, -0.05) is 24.3 Å². The lowest BCUT2D eigenvalue weighted by molar-refractivity contribution is -0.134. The molecule has 0 saturated heterocycles. The highest BCUT2D eigenvalue weighted by Crippen LogP contribution is 2.41. The maximum atomic E-state index is 12.7. The fourth-order valence-corrected chi connectivity index (χ4v) is 4.14. The van der Waals surface area contributed by atoms with Gasteiger partial charge in [-0.05, 0) is 29.8 Å². The van der Waals surface area contributed by atoms with Crippen LogP contribution in [0.4, 0.5) is 0 Å². The molecular formula is C18H20O8S. The van der Waals surface area contributed by atoms with Crippen molar-refractivity contribution in [2.75, 3.05) is 20.0 Å². The van der Waals surface area contributed by atoms with E-state index in [4.69, 9.17) is 14.6 Å². The maximum absolute atomic E-state index is 12.7. The molecular weight excluding hydrogens is 376 g/mol. The lowest BCUT2D eigenvalue weighted by Crippen LogP contribution is -2.44. The molecule has 0 radical (unpaired) electrons. The Kier molecular flexibility index (Phi) is 6.09. The van der Waals surface area contributed by atoms with E-state index in [0.717, 1.165) is 0 Å². The molecule has 0 aliphatic carbocycles. The fraction of sp³-hybridized carbons (Fsp3) is 0.278. The van der Waals surface area contributed by atoms with Crippen molar-refractivity contribution >= 4 is 15.8 Å². The predicted molar refractivity (Wildman–Crippen MR) is 96.3 cm³/mol. The number of aliphatic carboxylic acids is 1. The van der Waals surface area contributed by atoms with E-state index in [1.165, 1.54) is 62.8 Å². The average Bonchev–Trinajstić information content (AvgIpc) is 2.65. The lowest BCUT2D eigenvalue weighted by Gasteiger charge is -2.33. The molecule has 0 amide bonds. The van der Waals surface area contributed by atoms with Gasteiger partial charge in [0.25, 0.3) is 0 Å². The third kappa shape index (κ3) is 4.05. The first-order chi connectivity index (χ1) is 12.7. The fourth-order valence-electron chi connectivity index (χ4n) is 2.62. The summed E-state index contributed by atoms with van der Waals surface area (Å²) in [7, 11) is -1.87. The normalized spacial score (nSPS) is 14.8. The number of benzene rings is 2. The van der Waals surface area contributed by atoms with Gasteiger partial charge < -0.3 is 24.8 Å². The van der Waals surface area contributed by atoms with E-state index in [9.17, 15) is 23.4 Å². The average molecular weight is 396 g/mol. The number of rotatable bonds is 8. The van der Waals surface area contributed by atoms with Crippen LogP contribution in [0.3, 0.4) is 0 Å². The topological polar surface area (TPSA) is 130 Å². The summed E-state index contributed by atoms with van der Waals surface area (Å²) < 4.78 is 35.4. The van der Waals surface area contributed by atoms with Gasteiger partial charge in [0, 0.05) is 5.56 Å². The minimum absolute atomic E-state index is 0.0723. The summed E-state index contributed by atoms with van der Waals surface area (Å²) in [4.78, 5) is 8.14. The van der Waals surface area contributed by atoms with Gasteiger partial charge >= 0.3 is 5.97 Å². The minimum atomic E-state index is -4.72. The number of ether oxygens (including phenoxy) is 2. The molecule has 2 aromatic rings. The number of hydrogen-bond acceptors (Lipinski definition) is 7. The molecule has 2 unspecified atom stereocenters. The van der Waals surface area contributed by atoms with Crippen LogP contribution in [0.15, 0.2) is 48.5 Å². The van der Waals surface area contributed by atoms with E-state index in [1.54, 1.807) is 0 Å². The Bertz CT molecular complexity index is 890.